The molecule has 21 heavy (non-hydrogen) atoms. The van der Waals surface area contributed by atoms with Gasteiger partial charge in [0, 0.05) is 5.56 Å². The van der Waals surface area contributed by atoms with E-state index in [4.69, 9.17) is 0 Å². The van der Waals surface area contributed by atoms with Crippen molar-refractivity contribution >= 4 is 17.6 Å². The number of ether oxygens (including phenoxy) is 1. The van der Waals surface area contributed by atoms with Gasteiger partial charge in [0.25, 0.3) is 5.91 Å². The van der Waals surface area contributed by atoms with Crippen LogP contribution in [0.1, 0.15) is 20.7 Å². The van der Waals surface area contributed by atoms with Crippen LogP contribution >= 0.6 is 0 Å². The summed E-state index contributed by atoms with van der Waals surface area (Å²) in [4.78, 5) is 23.6. The lowest BCUT2D eigenvalue weighted by atomic mass is 10.1. The fourth-order valence-electron chi connectivity index (χ4n) is 1.71. The summed E-state index contributed by atoms with van der Waals surface area (Å²) in [6.07, 6.45) is 0. The zero-order chi connectivity index (χ0) is 15.4. The third kappa shape index (κ3) is 3.22. The number of benzene rings is 2. The van der Waals surface area contributed by atoms with Crippen molar-refractivity contribution in [2.24, 2.45) is 0 Å². The van der Waals surface area contributed by atoms with Crippen molar-refractivity contribution in [2.75, 3.05) is 12.4 Å². The molecule has 0 unspecified atom stereocenters. The fraction of sp³-hybridized carbons (Fsp3) is 0.0667. The highest BCUT2D eigenvalue weighted by molar-refractivity contribution is 6.07. The molecule has 0 aliphatic rings. The van der Waals surface area contributed by atoms with Gasteiger partial charge in [0.1, 0.15) is 0 Å². The molecule has 0 aromatic heterocycles. The molecule has 0 aliphatic heterocycles. The summed E-state index contributed by atoms with van der Waals surface area (Å²) in [5, 5.41) is 2.46. The number of carbonyl (C=O) groups is 2. The number of hydrogen-bond acceptors (Lipinski definition) is 3. The number of amides is 1. The molecule has 6 heteroatoms. The molecular formula is C15H11F2NO3. The molecule has 2 aromatic rings. The molecule has 0 saturated carbocycles. The first kappa shape index (κ1) is 14.6. The van der Waals surface area contributed by atoms with Crippen molar-refractivity contribution in [1.82, 2.24) is 0 Å². The van der Waals surface area contributed by atoms with Crippen LogP contribution in [-0.2, 0) is 4.74 Å². The summed E-state index contributed by atoms with van der Waals surface area (Å²) in [7, 11) is 1.22. The van der Waals surface area contributed by atoms with Crippen LogP contribution in [0.5, 0.6) is 0 Å². The Hall–Kier alpha value is -2.76. The normalized spacial score (nSPS) is 10.0. The Balaban J connectivity index is 2.27. The number of esters is 1. The topological polar surface area (TPSA) is 55.4 Å². The number of hydrogen-bond donors (Lipinski definition) is 1. The molecule has 4 nitrogen and oxygen atoms in total. The molecule has 0 radical (unpaired) electrons. The predicted octanol–water partition coefficient (Wildman–Crippen LogP) is 3.00. The smallest absolute Gasteiger partial charge is 0.339 e. The third-order valence-electron chi connectivity index (χ3n) is 2.76. The van der Waals surface area contributed by atoms with Gasteiger partial charge in [-0.3, -0.25) is 4.79 Å². The second kappa shape index (κ2) is 6.13. The SMILES string of the molecule is COC(=O)c1ccccc1NC(=O)c1ccc(F)c(F)c1. The van der Waals surface area contributed by atoms with E-state index in [1.807, 2.05) is 0 Å². The summed E-state index contributed by atoms with van der Waals surface area (Å²) >= 11 is 0. The third-order valence-corrected chi connectivity index (χ3v) is 2.76. The van der Waals surface area contributed by atoms with Crippen molar-refractivity contribution in [3.8, 4) is 0 Å². The van der Waals surface area contributed by atoms with E-state index in [0.717, 1.165) is 18.2 Å². The number of nitrogens with one attached hydrogen (secondary N) is 1. The summed E-state index contributed by atoms with van der Waals surface area (Å²) in [6.45, 7) is 0. The largest absolute Gasteiger partial charge is 0.465 e. The van der Waals surface area contributed by atoms with Crippen molar-refractivity contribution in [1.29, 1.82) is 0 Å². The lowest BCUT2D eigenvalue weighted by Crippen LogP contribution is -2.15. The van der Waals surface area contributed by atoms with E-state index >= 15 is 0 Å². The van der Waals surface area contributed by atoms with Crippen LogP contribution in [0, 0.1) is 11.6 Å². The van der Waals surface area contributed by atoms with Gasteiger partial charge in [-0.2, -0.15) is 0 Å². The second-order valence-electron chi connectivity index (χ2n) is 4.12. The van der Waals surface area contributed by atoms with Gasteiger partial charge in [0.2, 0.25) is 0 Å². The van der Waals surface area contributed by atoms with Crippen LogP contribution in [0.3, 0.4) is 0 Å². The van der Waals surface area contributed by atoms with Crippen molar-refractivity contribution in [3.63, 3.8) is 0 Å². The minimum Gasteiger partial charge on any atom is -0.465 e. The van der Waals surface area contributed by atoms with Gasteiger partial charge in [-0.15, -0.1) is 0 Å². The molecule has 0 spiro atoms. The maximum Gasteiger partial charge on any atom is 0.339 e. The van der Waals surface area contributed by atoms with Gasteiger partial charge in [0.05, 0.1) is 18.4 Å². The molecule has 1 amide bonds. The molecular weight excluding hydrogens is 280 g/mol. The number of carbonyl (C=O) groups excluding carboxylic acids is 2. The average molecular weight is 291 g/mol. The summed E-state index contributed by atoms with van der Waals surface area (Å²) in [5.41, 5.74) is 0.323. The second-order valence-corrected chi connectivity index (χ2v) is 4.12. The van der Waals surface area contributed by atoms with E-state index in [1.54, 1.807) is 12.1 Å². The molecule has 0 saturated heterocycles. The maximum atomic E-state index is 13.1. The lowest BCUT2D eigenvalue weighted by Gasteiger charge is -2.09. The van der Waals surface area contributed by atoms with Gasteiger partial charge in [-0.25, -0.2) is 13.6 Å². The van der Waals surface area contributed by atoms with E-state index in [0.29, 0.717) is 0 Å². The molecule has 108 valence electrons. The highest BCUT2D eigenvalue weighted by Crippen LogP contribution is 2.18. The predicted molar refractivity (Wildman–Crippen MR) is 72.1 cm³/mol. The van der Waals surface area contributed by atoms with E-state index in [2.05, 4.69) is 10.1 Å². The first-order chi connectivity index (χ1) is 10.0. The van der Waals surface area contributed by atoms with Crippen molar-refractivity contribution in [2.45, 2.75) is 0 Å². The number of halogens is 2. The molecule has 2 rings (SSSR count). The Morgan fingerprint density at radius 2 is 1.76 bits per heavy atom. The molecule has 1 N–H and O–H groups in total. The number of para-hydroxylation sites is 1. The van der Waals surface area contributed by atoms with E-state index in [-0.39, 0.29) is 16.8 Å². The monoisotopic (exact) mass is 291 g/mol. The van der Waals surface area contributed by atoms with Gasteiger partial charge >= 0.3 is 5.97 Å². The minimum absolute atomic E-state index is 0.0615. The zero-order valence-corrected chi connectivity index (χ0v) is 11.0. The minimum atomic E-state index is -1.12. The Labute approximate surface area is 119 Å². The van der Waals surface area contributed by atoms with Crippen LogP contribution in [0.15, 0.2) is 42.5 Å². The Morgan fingerprint density at radius 3 is 2.43 bits per heavy atom. The zero-order valence-electron chi connectivity index (χ0n) is 11.0. The fourth-order valence-corrected chi connectivity index (χ4v) is 1.71. The quantitative estimate of drug-likeness (QED) is 0.884. The lowest BCUT2D eigenvalue weighted by molar-refractivity contribution is 0.0602. The molecule has 2 aromatic carbocycles. The summed E-state index contributed by atoms with van der Waals surface area (Å²) < 4.78 is 30.5. The van der Waals surface area contributed by atoms with E-state index in [9.17, 15) is 18.4 Å². The summed E-state index contributed by atoms with van der Waals surface area (Å²) in [5.74, 6) is -3.44. The van der Waals surface area contributed by atoms with Gasteiger partial charge in [0.15, 0.2) is 11.6 Å². The van der Waals surface area contributed by atoms with Crippen LogP contribution in [0.25, 0.3) is 0 Å². The molecule has 0 atom stereocenters. The molecule has 0 fully saturated rings. The van der Waals surface area contributed by atoms with Crippen molar-refractivity contribution in [3.05, 3.63) is 65.2 Å². The Morgan fingerprint density at radius 1 is 1.05 bits per heavy atom. The van der Waals surface area contributed by atoms with Crippen LogP contribution in [0.4, 0.5) is 14.5 Å². The highest BCUT2D eigenvalue weighted by Gasteiger charge is 2.15. The highest BCUT2D eigenvalue weighted by atomic mass is 19.2. The van der Waals surface area contributed by atoms with Crippen LogP contribution < -0.4 is 5.32 Å². The Kier molecular flexibility index (Phi) is 4.27. The first-order valence-electron chi connectivity index (χ1n) is 5.96. The van der Waals surface area contributed by atoms with Gasteiger partial charge in [-0.1, -0.05) is 12.1 Å². The molecule has 0 bridgehead atoms. The molecule has 0 heterocycles. The van der Waals surface area contributed by atoms with E-state index < -0.39 is 23.5 Å². The Bertz CT molecular complexity index is 701. The first-order valence-corrected chi connectivity index (χ1v) is 5.96. The van der Waals surface area contributed by atoms with Gasteiger partial charge in [-0.05, 0) is 30.3 Å². The van der Waals surface area contributed by atoms with Crippen LogP contribution in [0.2, 0.25) is 0 Å². The van der Waals surface area contributed by atoms with Crippen molar-refractivity contribution < 1.29 is 23.1 Å². The number of rotatable bonds is 3. The average Bonchev–Trinajstić information content (AvgIpc) is 2.49. The number of methoxy groups -OCH3 is 1. The summed E-state index contributed by atoms with van der Waals surface area (Å²) in [6, 6.07) is 9.00. The van der Waals surface area contributed by atoms with E-state index in [1.165, 1.54) is 19.2 Å². The standard InChI is InChI=1S/C15H11F2NO3/c1-21-15(20)10-4-2-3-5-13(10)18-14(19)9-6-7-11(16)12(17)8-9/h2-8H,1H3,(H,18,19). The molecule has 0 aliphatic carbocycles. The van der Waals surface area contributed by atoms with Gasteiger partial charge < -0.3 is 10.1 Å². The maximum absolute atomic E-state index is 13.1. The van der Waals surface area contributed by atoms with Crippen LogP contribution in [-0.4, -0.2) is 19.0 Å². The number of anilines is 1.